The third kappa shape index (κ3) is 3.31. The zero-order chi connectivity index (χ0) is 12.3. The lowest BCUT2D eigenvalue weighted by molar-refractivity contribution is 0.316. The van der Waals surface area contributed by atoms with Crippen LogP contribution in [0.3, 0.4) is 0 Å². The number of aromatic amines is 1. The number of rotatable bonds is 5. The third-order valence-corrected chi connectivity index (χ3v) is 3.16. The maximum Gasteiger partial charge on any atom is 0.264 e. The van der Waals surface area contributed by atoms with Crippen molar-refractivity contribution in [2.75, 3.05) is 12.9 Å². The fourth-order valence-electron chi connectivity index (χ4n) is 1.81. The first kappa shape index (κ1) is 12.1. The molecule has 1 aromatic carbocycles. The Hall–Kier alpha value is -1.33. The molecule has 2 rings (SSSR count). The van der Waals surface area contributed by atoms with Gasteiger partial charge in [-0.15, -0.1) is 0 Å². The van der Waals surface area contributed by atoms with Crippen molar-refractivity contribution < 1.29 is 12.6 Å². The monoisotopic (exact) mass is 253 g/mol. The molecule has 1 heterocycles. The molecule has 0 atom stereocenters. The Bertz CT molecular complexity index is 601. The second-order valence-corrected chi connectivity index (χ2v) is 5.63. The topological polar surface area (TPSA) is 59.2 Å². The lowest BCUT2D eigenvalue weighted by atomic mass is 10.1. The van der Waals surface area contributed by atoms with E-state index in [2.05, 4.69) is 11.1 Å². The fourth-order valence-corrected chi connectivity index (χ4v) is 2.23. The Morgan fingerprint density at radius 3 is 2.82 bits per heavy atom. The van der Waals surface area contributed by atoms with E-state index in [1.807, 2.05) is 24.4 Å². The van der Waals surface area contributed by atoms with Gasteiger partial charge in [-0.25, -0.2) is 0 Å². The average molecular weight is 253 g/mol. The second-order valence-electron chi connectivity index (χ2n) is 3.99. The van der Waals surface area contributed by atoms with Crippen molar-refractivity contribution in [2.45, 2.75) is 12.8 Å². The van der Waals surface area contributed by atoms with E-state index in [1.54, 1.807) is 0 Å². The van der Waals surface area contributed by atoms with E-state index in [9.17, 15) is 8.42 Å². The Morgan fingerprint density at radius 1 is 1.29 bits per heavy atom. The zero-order valence-electron chi connectivity index (χ0n) is 9.64. The Balaban J connectivity index is 1.96. The standard InChI is InChI=1S/C12H15NO3S/c1-17(14,15)16-8-4-5-10-9-13-12-7-3-2-6-11(10)12/h2-3,6-7,9,13H,4-5,8H2,1H3. The van der Waals surface area contributed by atoms with E-state index < -0.39 is 10.1 Å². The SMILES string of the molecule is CS(=O)(=O)OCCCc1c[nH]c2ccccc12. The number of aryl methyl sites for hydroxylation is 1. The van der Waals surface area contributed by atoms with Crippen molar-refractivity contribution in [2.24, 2.45) is 0 Å². The molecular formula is C12H15NO3S. The molecule has 0 radical (unpaired) electrons. The molecule has 0 saturated carbocycles. The van der Waals surface area contributed by atoms with E-state index in [0.717, 1.165) is 18.2 Å². The molecule has 5 heteroatoms. The van der Waals surface area contributed by atoms with Crippen molar-refractivity contribution in [3.05, 3.63) is 36.0 Å². The van der Waals surface area contributed by atoms with Crippen molar-refractivity contribution >= 4 is 21.0 Å². The van der Waals surface area contributed by atoms with E-state index in [0.29, 0.717) is 6.42 Å². The number of fused-ring (bicyclic) bond motifs is 1. The van der Waals surface area contributed by atoms with Crippen LogP contribution < -0.4 is 0 Å². The van der Waals surface area contributed by atoms with Gasteiger partial charge in [-0.3, -0.25) is 4.18 Å². The average Bonchev–Trinajstić information content (AvgIpc) is 2.67. The Morgan fingerprint density at radius 2 is 2.06 bits per heavy atom. The van der Waals surface area contributed by atoms with Crippen LogP contribution >= 0.6 is 0 Å². The molecule has 0 aliphatic carbocycles. The molecule has 0 spiro atoms. The summed E-state index contributed by atoms with van der Waals surface area (Å²) >= 11 is 0. The van der Waals surface area contributed by atoms with Gasteiger partial charge in [0.2, 0.25) is 0 Å². The summed E-state index contributed by atoms with van der Waals surface area (Å²) in [5.74, 6) is 0. The van der Waals surface area contributed by atoms with Gasteiger partial charge in [0.1, 0.15) is 0 Å². The molecule has 0 unspecified atom stereocenters. The van der Waals surface area contributed by atoms with Crippen LogP contribution in [0.25, 0.3) is 10.9 Å². The summed E-state index contributed by atoms with van der Waals surface area (Å²) < 4.78 is 26.3. The van der Waals surface area contributed by atoms with Crippen LogP contribution in [-0.4, -0.2) is 26.3 Å². The number of hydrogen-bond donors (Lipinski definition) is 1. The van der Waals surface area contributed by atoms with Gasteiger partial charge in [0, 0.05) is 17.1 Å². The summed E-state index contributed by atoms with van der Waals surface area (Å²) in [4.78, 5) is 3.19. The zero-order valence-corrected chi connectivity index (χ0v) is 10.5. The molecule has 0 aliphatic heterocycles. The molecule has 92 valence electrons. The van der Waals surface area contributed by atoms with Gasteiger partial charge in [0.15, 0.2) is 0 Å². The predicted molar refractivity (Wildman–Crippen MR) is 67.4 cm³/mol. The van der Waals surface area contributed by atoms with Crippen LogP contribution in [0.1, 0.15) is 12.0 Å². The van der Waals surface area contributed by atoms with Crippen LogP contribution in [0.2, 0.25) is 0 Å². The van der Waals surface area contributed by atoms with E-state index in [4.69, 9.17) is 4.18 Å². The van der Waals surface area contributed by atoms with Gasteiger partial charge in [-0.1, -0.05) is 18.2 Å². The normalized spacial score (nSPS) is 12.1. The van der Waals surface area contributed by atoms with E-state index in [-0.39, 0.29) is 6.61 Å². The minimum absolute atomic E-state index is 0.234. The first-order valence-corrected chi connectivity index (χ1v) is 7.27. The molecule has 1 aromatic heterocycles. The lowest BCUT2D eigenvalue weighted by Crippen LogP contribution is -2.04. The molecule has 0 fully saturated rings. The summed E-state index contributed by atoms with van der Waals surface area (Å²) in [7, 11) is -3.32. The molecule has 0 aliphatic rings. The van der Waals surface area contributed by atoms with Gasteiger partial charge in [0.25, 0.3) is 10.1 Å². The highest BCUT2D eigenvalue weighted by Crippen LogP contribution is 2.18. The van der Waals surface area contributed by atoms with Crippen LogP contribution in [-0.2, 0) is 20.7 Å². The molecular weight excluding hydrogens is 238 g/mol. The van der Waals surface area contributed by atoms with Crippen molar-refractivity contribution in [3.63, 3.8) is 0 Å². The minimum atomic E-state index is -3.32. The van der Waals surface area contributed by atoms with Crippen LogP contribution in [0, 0.1) is 0 Å². The van der Waals surface area contributed by atoms with E-state index in [1.165, 1.54) is 10.9 Å². The largest absolute Gasteiger partial charge is 0.361 e. The number of benzene rings is 1. The number of para-hydroxylation sites is 1. The summed E-state index contributed by atoms with van der Waals surface area (Å²) in [6.07, 6.45) is 4.53. The number of hydrogen-bond acceptors (Lipinski definition) is 3. The molecule has 1 N–H and O–H groups in total. The molecule has 2 aromatic rings. The van der Waals surface area contributed by atoms with Crippen molar-refractivity contribution in [3.8, 4) is 0 Å². The summed E-state index contributed by atoms with van der Waals surface area (Å²) in [5.41, 5.74) is 2.30. The van der Waals surface area contributed by atoms with Crippen molar-refractivity contribution in [1.29, 1.82) is 0 Å². The smallest absolute Gasteiger partial charge is 0.264 e. The maximum absolute atomic E-state index is 10.8. The Labute approximate surface area is 101 Å². The summed E-state index contributed by atoms with van der Waals surface area (Å²) in [6, 6.07) is 8.05. The van der Waals surface area contributed by atoms with Gasteiger partial charge in [0.05, 0.1) is 12.9 Å². The van der Waals surface area contributed by atoms with Gasteiger partial charge >= 0.3 is 0 Å². The quantitative estimate of drug-likeness (QED) is 0.655. The Kier molecular flexibility index (Phi) is 3.49. The summed E-state index contributed by atoms with van der Waals surface area (Å²) in [5, 5.41) is 1.19. The lowest BCUT2D eigenvalue weighted by Gasteiger charge is -2.00. The van der Waals surface area contributed by atoms with Crippen molar-refractivity contribution in [1.82, 2.24) is 4.98 Å². The molecule has 4 nitrogen and oxygen atoms in total. The van der Waals surface area contributed by atoms with Gasteiger partial charge in [-0.2, -0.15) is 8.42 Å². The molecule has 17 heavy (non-hydrogen) atoms. The summed E-state index contributed by atoms with van der Waals surface area (Å²) in [6.45, 7) is 0.234. The molecule has 0 bridgehead atoms. The van der Waals surface area contributed by atoms with Crippen LogP contribution in [0.15, 0.2) is 30.5 Å². The first-order chi connectivity index (χ1) is 8.06. The number of nitrogens with one attached hydrogen (secondary N) is 1. The number of H-pyrrole nitrogens is 1. The molecule has 0 amide bonds. The highest BCUT2D eigenvalue weighted by atomic mass is 32.2. The highest BCUT2D eigenvalue weighted by molar-refractivity contribution is 7.85. The highest BCUT2D eigenvalue weighted by Gasteiger charge is 2.04. The fraction of sp³-hybridized carbons (Fsp3) is 0.333. The predicted octanol–water partition coefficient (Wildman–Crippen LogP) is 2.08. The minimum Gasteiger partial charge on any atom is -0.361 e. The third-order valence-electron chi connectivity index (χ3n) is 2.56. The first-order valence-electron chi connectivity index (χ1n) is 5.46. The van der Waals surface area contributed by atoms with E-state index >= 15 is 0 Å². The second kappa shape index (κ2) is 4.89. The van der Waals surface area contributed by atoms with Crippen LogP contribution in [0.4, 0.5) is 0 Å². The molecule has 0 saturated heterocycles. The van der Waals surface area contributed by atoms with Gasteiger partial charge < -0.3 is 4.98 Å². The maximum atomic E-state index is 10.8. The van der Waals surface area contributed by atoms with Gasteiger partial charge in [-0.05, 0) is 24.5 Å². The van der Waals surface area contributed by atoms with Crippen LogP contribution in [0.5, 0.6) is 0 Å². The number of aromatic nitrogens is 1.